The van der Waals surface area contributed by atoms with Gasteiger partial charge in [-0.05, 0) is 43.7 Å². The number of thiophene rings is 1. The molecule has 3 N–H and O–H groups in total. The Bertz CT molecular complexity index is 837. The summed E-state index contributed by atoms with van der Waals surface area (Å²) in [4.78, 5) is 30.5. The lowest BCUT2D eigenvalue weighted by Crippen LogP contribution is -2.09. The quantitative estimate of drug-likeness (QED) is 0.677. The van der Waals surface area contributed by atoms with Crippen LogP contribution in [0.15, 0.2) is 29.1 Å². The highest BCUT2D eigenvalue weighted by Crippen LogP contribution is 2.22. The van der Waals surface area contributed by atoms with E-state index in [-0.39, 0.29) is 11.6 Å². The molecule has 1 aromatic carbocycles. The van der Waals surface area contributed by atoms with Crippen molar-refractivity contribution in [1.29, 1.82) is 0 Å². The number of aromatic amines is 2. The molecule has 0 fully saturated rings. The fraction of sp³-hybridized carbons (Fsp3) is 0.143. The van der Waals surface area contributed by atoms with Crippen LogP contribution < -0.4 is 11.0 Å². The molecule has 0 aliphatic heterocycles. The van der Waals surface area contributed by atoms with Crippen molar-refractivity contribution in [2.45, 2.75) is 13.8 Å². The lowest BCUT2D eigenvalue weighted by atomic mass is 10.2. The molecule has 0 radical (unpaired) electrons. The first-order valence-electron chi connectivity index (χ1n) is 6.13. The first-order chi connectivity index (χ1) is 9.52. The number of aromatic nitrogens is 2. The zero-order valence-corrected chi connectivity index (χ0v) is 11.9. The van der Waals surface area contributed by atoms with E-state index in [1.165, 1.54) is 11.3 Å². The largest absolute Gasteiger partial charge is 0.323 e. The van der Waals surface area contributed by atoms with E-state index in [1.807, 2.05) is 19.9 Å². The minimum absolute atomic E-state index is 0.136. The van der Waals surface area contributed by atoms with Gasteiger partial charge in [-0.1, -0.05) is 0 Å². The number of hydrogen-bond acceptors (Lipinski definition) is 3. The Balaban J connectivity index is 1.88. The fourth-order valence-electron chi connectivity index (χ4n) is 1.99. The molecule has 5 nitrogen and oxygen atoms in total. The summed E-state index contributed by atoms with van der Waals surface area (Å²) in [7, 11) is 0. The number of rotatable bonds is 2. The van der Waals surface area contributed by atoms with E-state index in [0.29, 0.717) is 16.1 Å². The maximum Gasteiger partial charge on any atom is 0.323 e. The number of fused-ring (bicyclic) bond motifs is 1. The van der Waals surface area contributed by atoms with Gasteiger partial charge in [0.05, 0.1) is 15.9 Å². The van der Waals surface area contributed by atoms with Gasteiger partial charge in [0, 0.05) is 10.6 Å². The van der Waals surface area contributed by atoms with Gasteiger partial charge >= 0.3 is 5.69 Å². The molecular formula is C14H13N3O2S. The highest BCUT2D eigenvalue weighted by Gasteiger charge is 2.11. The molecule has 3 rings (SSSR count). The molecule has 0 spiro atoms. The average Bonchev–Trinajstić information content (AvgIpc) is 2.91. The zero-order chi connectivity index (χ0) is 14.3. The average molecular weight is 287 g/mol. The van der Waals surface area contributed by atoms with E-state index in [9.17, 15) is 9.59 Å². The second kappa shape index (κ2) is 4.64. The maximum absolute atomic E-state index is 12.1. The van der Waals surface area contributed by atoms with Crippen LogP contribution in [-0.4, -0.2) is 15.9 Å². The summed E-state index contributed by atoms with van der Waals surface area (Å²) in [5.41, 5.74) is 2.90. The SMILES string of the molecule is Cc1cc(C(=O)Nc2ccc3[nH]c(=O)[nH]c3c2)sc1C. The molecule has 0 saturated carbocycles. The Labute approximate surface area is 118 Å². The van der Waals surface area contributed by atoms with E-state index >= 15 is 0 Å². The Morgan fingerprint density at radius 2 is 1.90 bits per heavy atom. The predicted octanol–water partition coefficient (Wildman–Crippen LogP) is 2.79. The number of amides is 1. The van der Waals surface area contributed by atoms with Crippen LogP contribution in [-0.2, 0) is 0 Å². The van der Waals surface area contributed by atoms with Crippen LogP contribution in [0.25, 0.3) is 11.0 Å². The molecule has 0 aliphatic rings. The second-order valence-corrected chi connectivity index (χ2v) is 5.90. The van der Waals surface area contributed by atoms with Gasteiger partial charge in [0.15, 0.2) is 0 Å². The standard InChI is InChI=1S/C14H13N3O2S/c1-7-5-12(20-8(7)2)13(18)15-9-3-4-10-11(6-9)17-14(19)16-10/h3-6H,1-2H3,(H,15,18)(H2,16,17,19). The molecule has 2 aromatic heterocycles. The van der Waals surface area contributed by atoms with Crippen LogP contribution >= 0.6 is 11.3 Å². The molecule has 0 aliphatic carbocycles. The van der Waals surface area contributed by atoms with E-state index in [0.717, 1.165) is 16.0 Å². The van der Waals surface area contributed by atoms with Crippen molar-refractivity contribution in [2.75, 3.05) is 5.32 Å². The van der Waals surface area contributed by atoms with E-state index in [2.05, 4.69) is 15.3 Å². The summed E-state index contributed by atoms with van der Waals surface area (Å²) in [6.07, 6.45) is 0. The Morgan fingerprint density at radius 1 is 1.15 bits per heavy atom. The molecular weight excluding hydrogens is 274 g/mol. The zero-order valence-electron chi connectivity index (χ0n) is 11.0. The van der Waals surface area contributed by atoms with Crippen molar-refractivity contribution < 1.29 is 4.79 Å². The lowest BCUT2D eigenvalue weighted by Gasteiger charge is -2.03. The van der Waals surface area contributed by atoms with Crippen molar-refractivity contribution in [3.8, 4) is 0 Å². The van der Waals surface area contributed by atoms with Crippen LogP contribution in [0.3, 0.4) is 0 Å². The maximum atomic E-state index is 12.1. The van der Waals surface area contributed by atoms with Gasteiger partial charge in [0.25, 0.3) is 5.91 Å². The van der Waals surface area contributed by atoms with Crippen LogP contribution in [0.1, 0.15) is 20.1 Å². The molecule has 0 unspecified atom stereocenters. The monoisotopic (exact) mass is 287 g/mol. The van der Waals surface area contributed by atoms with Gasteiger partial charge in [-0.2, -0.15) is 0 Å². The molecule has 0 saturated heterocycles. The smallest absolute Gasteiger partial charge is 0.321 e. The number of imidazole rings is 1. The lowest BCUT2D eigenvalue weighted by molar-refractivity contribution is 0.103. The van der Waals surface area contributed by atoms with Crippen LogP contribution in [0.5, 0.6) is 0 Å². The third-order valence-corrected chi connectivity index (χ3v) is 4.31. The van der Waals surface area contributed by atoms with E-state index in [4.69, 9.17) is 0 Å². The summed E-state index contributed by atoms with van der Waals surface area (Å²) >= 11 is 1.47. The number of carbonyl (C=O) groups is 1. The number of H-pyrrole nitrogens is 2. The number of benzene rings is 1. The summed E-state index contributed by atoms with van der Waals surface area (Å²) in [6, 6.07) is 7.13. The van der Waals surface area contributed by atoms with Crippen LogP contribution in [0, 0.1) is 13.8 Å². The van der Waals surface area contributed by atoms with Gasteiger partial charge in [-0.3, -0.25) is 4.79 Å². The van der Waals surface area contributed by atoms with Crippen LogP contribution in [0.4, 0.5) is 5.69 Å². The number of aryl methyl sites for hydroxylation is 2. The summed E-state index contributed by atoms with van der Waals surface area (Å²) in [5.74, 6) is -0.136. The summed E-state index contributed by atoms with van der Waals surface area (Å²) in [5, 5.41) is 2.84. The fourth-order valence-corrected chi connectivity index (χ4v) is 2.92. The highest BCUT2D eigenvalue weighted by molar-refractivity contribution is 7.14. The Hall–Kier alpha value is -2.34. The molecule has 0 bridgehead atoms. The number of carbonyl (C=O) groups excluding carboxylic acids is 1. The third kappa shape index (κ3) is 2.25. The van der Waals surface area contributed by atoms with Gasteiger partial charge in [-0.15, -0.1) is 11.3 Å². The van der Waals surface area contributed by atoms with Crippen molar-refractivity contribution in [3.63, 3.8) is 0 Å². The van der Waals surface area contributed by atoms with E-state index < -0.39 is 0 Å². The van der Waals surface area contributed by atoms with Crippen molar-refractivity contribution in [1.82, 2.24) is 9.97 Å². The van der Waals surface area contributed by atoms with Gasteiger partial charge in [-0.25, -0.2) is 4.79 Å². The minimum Gasteiger partial charge on any atom is -0.321 e. The highest BCUT2D eigenvalue weighted by atomic mass is 32.1. The van der Waals surface area contributed by atoms with Crippen LogP contribution in [0.2, 0.25) is 0 Å². The van der Waals surface area contributed by atoms with Crippen molar-refractivity contribution >= 4 is 34.0 Å². The van der Waals surface area contributed by atoms with Gasteiger partial charge in [0.2, 0.25) is 0 Å². The van der Waals surface area contributed by atoms with Crippen molar-refractivity contribution in [2.24, 2.45) is 0 Å². The van der Waals surface area contributed by atoms with Gasteiger partial charge in [0.1, 0.15) is 0 Å². The van der Waals surface area contributed by atoms with E-state index in [1.54, 1.807) is 18.2 Å². The first-order valence-corrected chi connectivity index (χ1v) is 6.95. The second-order valence-electron chi connectivity index (χ2n) is 4.64. The number of hydrogen-bond donors (Lipinski definition) is 3. The minimum atomic E-state index is -0.256. The summed E-state index contributed by atoms with van der Waals surface area (Å²) in [6.45, 7) is 3.98. The molecule has 2 heterocycles. The number of anilines is 1. The van der Waals surface area contributed by atoms with Gasteiger partial charge < -0.3 is 15.3 Å². The topological polar surface area (TPSA) is 77.8 Å². The molecule has 20 heavy (non-hydrogen) atoms. The van der Waals surface area contributed by atoms with Crippen molar-refractivity contribution in [3.05, 3.63) is 50.1 Å². The Morgan fingerprint density at radius 3 is 2.60 bits per heavy atom. The molecule has 3 aromatic rings. The Kier molecular flexibility index (Phi) is 2.94. The molecule has 1 amide bonds. The molecule has 0 atom stereocenters. The third-order valence-electron chi connectivity index (χ3n) is 3.16. The normalized spacial score (nSPS) is 10.9. The number of nitrogens with one attached hydrogen (secondary N) is 3. The summed E-state index contributed by atoms with van der Waals surface area (Å²) < 4.78 is 0. The predicted molar refractivity (Wildman–Crippen MR) is 80.7 cm³/mol. The molecule has 102 valence electrons. The molecule has 6 heteroatoms. The first kappa shape index (κ1) is 12.7.